The fraction of sp³-hybridized carbons (Fsp3) is 0.278. The van der Waals surface area contributed by atoms with Gasteiger partial charge in [0.15, 0.2) is 0 Å². The van der Waals surface area contributed by atoms with Gasteiger partial charge in [0.2, 0.25) is 10.0 Å². The molecule has 0 atom stereocenters. The third-order valence-electron chi connectivity index (χ3n) is 4.30. The largest absolute Gasteiger partial charge is 0.336 e. The van der Waals surface area contributed by atoms with Crippen LogP contribution in [0.2, 0.25) is 0 Å². The summed E-state index contributed by atoms with van der Waals surface area (Å²) >= 11 is 1.50. The number of piperazine rings is 1. The molecule has 1 fully saturated rings. The van der Waals surface area contributed by atoms with Gasteiger partial charge in [-0.15, -0.1) is 11.8 Å². The zero-order chi connectivity index (χ0) is 18.7. The van der Waals surface area contributed by atoms with Gasteiger partial charge in [0.1, 0.15) is 5.82 Å². The van der Waals surface area contributed by atoms with Crippen molar-refractivity contribution in [3.63, 3.8) is 0 Å². The zero-order valence-electron chi connectivity index (χ0n) is 14.3. The van der Waals surface area contributed by atoms with Crippen LogP contribution in [-0.4, -0.2) is 56.0 Å². The van der Waals surface area contributed by atoms with E-state index in [1.165, 1.54) is 34.3 Å². The van der Waals surface area contributed by atoms with Crippen LogP contribution in [0, 0.1) is 5.82 Å². The smallest absolute Gasteiger partial charge is 0.255 e. The molecule has 0 spiro atoms. The normalized spacial score (nSPS) is 15.8. The number of nitrogens with zero attached hydrogens (tertiary/aromatic N) is 2. The van der Waals surface area contributed by atoms with E-state index >= 15 is 0 Å². The van der Waals surface area contributed by atoms with Crippen molar-refractivity contribution < 1.29 is 17.6 Å². The van der Waals surface area contributed by atoms with Crippen molar-refractivity contribution in [1.29, 1.82) is 0 Å². The van der Waals surface area contributed by atoms with E-state index in [1.54, 1.807) is 11.0 Å². The van der Waals surface area contributed by atoms with Crippen molar-refractivity contribution in [2.75, 3.05) is 32.4 Å². The van der Waals surface area contributed by atoms with Gasteiger partial charge in [0, 0.05) is 31.1 Å². The van der Waals surface area contributed by atoms with Gasteiger partial charge in [0.05, 0.1) is 10.5 Å². The fourth-order valence-electron chi connectivity index (χ4n) is 2.90. The predicted molar refractivity (Wildman–Crippen MR) is 99.3 cm³/mol. The number of benzene rings is 2. The quantitative estimate of drug-likeness (QED) is 0.748. The Hall–Kier alpha value is -1.90. The molecule has 0 saturated carbocycles. The molecule has 26 heavy (non-hydrogen) atoms. The Kier molecular flexibility index (Phi) is 5.64. The highest BCUT2D eigenvalue weighted by Crippen LogP contribution is 2.23. The summed E-state index contributed by atoms with van der Waals surface area (Å²) in [6.07, 6.45) is 1.91. The average Bonchev–Trinajstić information content (AvgIpc) is 2.67. The van der Waals surface area contributed by atoms with Crippen LogP contribution in [0.5, 0.6) is 0 Å². The molecular weight excluding hydrogens is 375 g/mol. The lowest BCUT2D eigenvalue weighted by Crippen LogP contribution is -2.50. The van der Waals surface area contributed by atoms with Crippen LogP contribution in [0.3, 0.4) is 0 Å². The van der Waals surface area contributed by atoms with Crippen LogP contribution in [0.25, 0.3) is 0 Å². The number of carbonyl (C=O) groups is 1. The van der Waals surface area contributed by atoms with Gasteiger partial charge in [-0.05, 0) is 36.6 Å². The van der Waals surface area contributed by atoms with Gasteiger partial charge in [-0.2, -0.15) is 4.31 Å². The van der Waals surface area contributed by atoms with Crippen LogP contribution in [0.4, 0.5) is 4.39 Å². The van der Waals surface area contributed by atoms with E-state index in [-0.39, 0.29) is 23.9 Å². The first-order valence-corrected chi connectivity index (χ1v) is 10.8. The molecule has 0 aliphatic carbocycles. The standard InChI is InChI=1S/C18H19FN2O3S2/c1-25-17-8-3-2-7-16(17)18(22)20-9-11-21(12-10-20)26(23,24)15-6-4-5-14(19)13-15/h2-8,13H,9-12H2,1H3. The molecule has 0 unspecified atom stereocenters. The Balaban J connectivity index is 1.72. The monoisotopic (exact) mass is 394 g/mol. The molecule has 1 aliphatic heterocycles. The lowest BCUT2D eigenvalue weighted by Gasteiger charge is -2.34. The topological polar surface area (TPSA) is 57.7 Å². The minimum absolute atomic E-state index is 0.0648. The van der Waals surface area contributed by atoms with E-state index in [0.717, 1.165) is 11.0 Å². The second kappa shape index (κ2) is 7.77. The lowest BCUT2D eigenvalue weighted by atomic mass is 10.2. The van der Waals surface area contributed by atoms with Crippen molar-refractivity contribution in [3.8, 4) is 0 Å². The summed E-state index contributed by atoms with van der Waals surface area (Å²) in [7, 11) is -3.76. The minimum Gasteiger partial charge on any atom is -0.336 e. The number of thioether (sulfide) groups is 1. The van der Waals surface area contributed by atoms with E-state index in [4.69, 9.17) is 0 Å². The van der Waals surface area contributed by atoms with E-state index in [1.807, 2.05) is 24.5 Å². The first-order chi connectivity index (χ1) is 12.4. The molecule has 1 amide bonds. The summed E-state index contributed by atoms with van der Waals surface area (Å²) in [6, 6.07) is 12.3. The Morgan fingerprint density at radius 3 is 2.38 bits per heavy atom. The number of sulfonamides is 1. The molecule has 0 bridgehead atoms. The van der Waals surface area contributed by atoms with Crippen LogP contribution >= 0.6 is 11.8 Å². The second-order valence-corrected chi connectivity index (χ2v) is 8.64. The molecule has 5 nitrogen and oxygen atoms in total. The van der Waals surface area contributed by atoms with Crippen LogP contribution in [0.1, 0.15) is 10.4 Å². The maximum absolute atomic E-state index is 13.4. The molecule has 1 saturated heterocycles. The maximum Gasteiger partial charge on any atom is 0.255 e. The van der Waals surface area contributed by atoms with E-state index in [0.29, 0.717) is 18.7 Å². The Labute approximate surface area is 156 Å². The van der Waals surface area contributed by atoms with Gasteiger partial charge < -0.3 is 4.90 Å². The molecular formula is C18H19FN2O3S2. The van der Waals surface area contributed by atoms with Gasteiger partial charge in [0.25, 0.3) is 5.91 Å². The molecule has 2 aromatic carbocycles. The van der Waals surface area contributed by atoms with E-state index in [9.17, 15) is 17.6 Å². The summed E-state index contributed by atoms with van der Waals surface area (Å²) in [5.74, 6) is -0.689. The van der Waals surface area contributed by atoms with Crippen LogP contribution < -0.4 is 0 Å². The molecule has 2 aromatic rings. The first kappa shape index (κ1) is 18.9. The Bertz CT molecular complexity index is 910. The third kappa shape index (κ3) is 3.77. The highest BCUT2D eigenvalue weighted by Gasteiger charge is 2.31. The van der Waals surface area contributed by atoms with Crippen molar-refractivity contribution in [1.82, 2.24) is 9.21 Å². The summed E-state index contributed by atoms with van der Waals surface area (Å²) in [4.78, 5) is 15.2. The molecule has 0 N–H and O–H groups in total. The van der Waals surface area contributed by atoms with Gasteiger partial charge in [-0.1, -0.05) is 18.2 Å². The highest BCUT2D eigenvalue weighted by atomic mass is 32.2. The molecule has 0 aromatic heterocycles. The van der Waals surface area contributed by atoms with Crippen molar-refractivity contribution in [2.45, 2.75) is 9.79 Å². The minimum atomic E-state index is -3.76. The fourth-order valence-corrected chi connectivity index (χ4v) is 4.94. The summed E-state index contributed by atoms with van der Waals surface area (Å²) < 4.78 is 39.9. The third-order valence-corrected chi connectivity index (χ3v) is 6.99. The zero-order valence-corrected chi connectivity index (χ0v) is 15.9. The van der Waals surface area contributed by atoms with Crippen LogP contribution in [-0.2, 0) is 10.0 Å². The second-order valence-electron chi connectivity index (χ2n) is 5.85. The van der Waals surface area contributed by atoms with E-state index < -0.39 is 15.8 Å². The van der Waals surface area contributed by atoms with Gasteiger partial charge in [-0.25, -0.2) is 12.8 Å². The molecule has 1 aliphatic rings. The van der Waals surface area contributed by atoms with Gasteiger partial charge in [-0.3, -0.25) is 4.79 Å². The van der Waals surface area contributed by atoms with Crippen LogP contribution in [0.15, 0.2) is 58.3 Å². The number of rotatable bonds is 4. The molecule has 1 heterocycles. The molecule has 8 heteroatoms. The van der Waals surface area contributed by atoms with Gasteiger partial charge >= 0.3 is 0 Å². The number of halogens is 1. The number of hydrogen-bond donors (Lipinski definition) is 0. The lowest BCUT2D eigenvalue weighted by molar-refractivity contribution is 0.0694. The number of amides is 1. The molecule has 138 valence electrons. The number of hydrogen-bond acceptors (Lipinski definition) is 4. The van der Waals surface area contributed by atoms with Crippen molar-refractivity contribution in [3.05, 3.63) is 59.9 Å². The Morgan fingerprint density at radius 2 is 1.73 bits per heavy atom. The summed E-state index contributed by atoms with van der Waals surface area (Å²) in [5.41, 5.74) is 0.626. The highest BCUT2D eigenvalue weighted by molar-refractivity contribution is 7.98. The maximum atomic E-state index is 13.4. The first-order valence-electron chi connectivity index (χ1n) is 8.11. The summed E-state index contributed by atoms with van der Waals surface area (Å²) in [6.45, 7) is 0.976. The predicted octanol–water partition coefficient (Wildman–Crippen LogP) is 2.69. The van der Waals surface area contributed by atoms with E-state index in [2.05, 4.69) is 0 Å². The summed E-state index contributed by atoms with van der Waals surface area (Å²) in [5, 5.41) is 0. The van der Waals surface area contributed by atoms with Crippen molar-refractivity contribution in [2.24, 2.45) is 0 Å². The average molecular weight is 394 g/mol. The SMILES string of the molecule is CSc1ccccc1C(=O)N1CCN(S(=O)(=O)c2cccc(F)c2)CC1. The number of carbonyl (C=O) groups excluding carboxylic acids is 1. The molecule has 0 radical (unpaired) electrons. The van der Waals surface area contributed by atoms with Crippen molar-refractivity contribution >= 4 is 27.7 Å². The Morgan fingerprint density at radius 1 is 1.04 bits per heavy atom. The molecule has 3 rings (SSSR count).